The smallest absolute Gasteiger partial charge is 0.269 e. The molecule has 12 heteroatoms. The summed E-state index contributed by atoms with van der Waals surface area (Å²) in [5.41, 5.74) is 2.44. The highest BCUT2D eigenvalue weighted by Crippen LogP contribution is 2.45. The number of nitro benzene ring substituents is 2. The van der Waals surface area contributed by atoms with Gasteiger partial charge in [-0.2, -0.15) is 0 Å². The number of amides is 2. The molecule has 3 aromatic rings. The van der Waals surface area contributed by atoms with E-state index in [9.17, 15) is 29.8 Å². The molecule has 2 heterocycles. The van der Waals surface area contributed by atoms with Crippen LogP contribution in [0.5, 0.6) is 0 Å². The van der Waals surface area contributed by atoms with Crippen molar-refractivity contribution in [1.29, 1.82) is 0 Å². The predicted octanol–water partition coefficient (Wildman–Crippen LogP) is 5.06. The number of nitro groups is 2. The summed E-state index contributed by atoms with van der Waals surface area (Å²) >= 11 is 2.78. The molecule has 10 nitrogen and oxygen atoms in total. The first-order chi connectivity index (χ1) is 17.3. The normalized spacial score (nSPS) is 19.7. The van der Waals surface area contributed by atoms with Gasteiger partial charge in [-0.25, -0.2) is 0 Å². The second kappa shape index (κ2) is 9.63. The van der Waals surface area contributed by atoms with Crippen molar-refractivity contribution in [2.75, 3.05) is 21.3 Å². The number of nitrogens with zero attached hydrogens (tertiary/aromatic N) is 4. The standard InChI is InChI=1S/C24H18N4O6S2/c29-21-13-35-23(15-3-1-5-19(11-15)27(31)32)25(21)17-7-9-18(10-8-17)26-22(30)14-36-24(26)16-4-2-6-20(12-16)28(33)34/h1-12,23-24H,13-14H2/t23-,24-/m1/s1. The van der Waals surface area contributed by atoms with Gasteiger partial charge in [0.1, 0.15) is 10.7 Å². The zero-order valence-corrected chi connectivity index (χ0v) is 20.2. The van der Waals surface area contributed by atoms with Crippen LogP contribution in [0.4, 0.5) is 22.7 Å². The van der Waals surface area contributed by atoms with Gasteiger partial charge in [-0.1, -0.05) is 24.3 Å². The lowest BCUT2D eigenvalue weighted by molar-refractivity contribution is -0.385. The number of hydrogen-bond acceptors (Lipinski definition) is 8. The minimum Gasteiger partial charge on any atom is -0.295 e. The molecule has 0 saturated carbocycles. The van der Waals surface area contributed by atoms with Crippen molar-refractivity contribution >= 4 is 58.1 Å². The van der Waals surface area contributed by atoms with Crippen LogP contribution in [0.15, 0.2) is 72.8 Å². The average Bonchev–Trinajstić information content (AvgIpc) is 3.46. The molecule has 182 valence electrons. The van der Waals surface area contributed by atoms with Gasteiger partial charge >= 0.3 is 0 Å². The van der Waals surface area contributed by atoms with Gasteiger partial charge in [-0.3, -0.25) is 39.6 Å². The van der Waals surface area contributed by atoms with Crippen molar-refractivity contribution in [3.63, 3.8) is 0 Å². The van der Waals surface area contributed by atoms with E-state index in [4.69, 9.17) is 0 Å². The number of carbonyl (C=O) groups is 2. The first-order valence-corrected chi connectivity index (χ1v) is 12.9. The minimum atomic E-state index is -0.465. The summed E-state index contributed by atoms with van der Waals surface area (Å²) in [5, 5.41) is 21.6. The molecule has 0 aliphatic carbocycles. The van der Waals surface area contributed by atoms with E-state index in [-0.39, 0.29) is 34.7 Å². The molecule has 0 radical (unpaired) electrons. The van der Waals surface area contributed by atoms with Crippen LogP contribution in [0.25, 0.3) is 0 Å². The lowest BCUT2D eigenvalue weighted by atomic mass is 10.1. The molecule has 2 fully saturated rings. The number of rotatable bonds is 6. The van der Waals surface area contributed by atoms with E-state index in [0.29, 0.717) is 22.5 Å². The number of anilines is 2. The average molecular weight is 523 g/mol. The van der Waals surface area contributed by atoms with Gasteiger partial charge in [0.25, 0.3) is 11.4 Å². The van der Waals surface area contributed by atoms with Crippen molar-refractivity contribution in [3.8, 4) is 0 Å². The highest BCUT2D eigenvalue weighted by molar-refractivity contribution is 8.01. The first kappa shape index (κ1) is 23.8. The summed E-state index contributed by atoms with van der Waals surface area (Å²) in [5.74, 6) is 0.245. The molecule has 2 atom stereocenters. The van der Waals surface area contributed by atoms with Crippen molar-refractivity contribution < 1.29 is 19.4 Å². The Hall–Kier alpha value is -3.90. The summed E-state index contributed by atoms with van der Waals surface area (Å²) < 4.78 is 0. The van der Waals surface area contributed by atoms with Gasteiger partial charge in [-0.15, -0.1) is 23.5 Å². The van der Waals surface area contributed by atoms with E-state index in [1.54, 1.807) is 58.3 Å². The van der Waals surface area contributed by atoms with Gasteiger partial charge in [0.15, 0.2) is 0 Å². The third-order valence-corrected chi connectivity index (χ3v) is 8.30. The Labute approximate surface area is 213 Å². The Morgan fingerprint density at radius 2 is 1.06 bits per heavy atom. The minimum absolute atomic E-state index is 0.0417. The second-order valence-corrected chi connectivity index (χ2v) is 10.2. The lowest BCUT2D eigenvalue weighted by Gasteiger charge is -2.27. The monoisotopic (exact) mass is 522 g/mol. The molecule has 2 saturated heterocycles. The van der Waals surface area contributed by atoms with E-state index < -0.39 is 20.6 Å². The zero-order valence-electron chi connectivity index (χ0n) is 18.6. The largest absolute Gasteiger partial charge is 0.295 e. The third kappa shape index (κ3) is 4.40. The molecule has 2 aliphatic heterocycles. The van der Waals surface area contributed by atoms with E-state index >= 15 is 0 Å². The van der Waals surface area contributed by atoms with Gasteiger partial charge in [-0.05, 0) is 35.4 Å². The van der Waals surface area contributed by atoms with E-state index in [1.807, 2.05) is 0 Å². The van der Waals surface area contributed by atoms with Crippen LogP contribution in [-0.4, -0.2) is 33.2 Å². The van der Waals surface area contributed by atoms with Crippen LogP contribution in [0.2, 0.25) is 0 Å². The molecular weight excluding hydrogens is 504 g/mol. The lowest BCUT2D eigenvalue weighted by Crippen LogP contribution is -2.29. The number of non-ortho nitro benzene ring substituents is 2. The number of benzene rings is 3. The van der Waals surface area contributed by atoms with Gasteiger partial charge in [0, 0.05) is 35.6 Å². The Morgan fingerprint density at radius 3 is 1.42 bits per heavy atom. The fraction of sp³-hybridized carbons (Fsp3) is 0.167. The molecule has 2 amide bonds. The van der Waals surface area contributed by atoms with Crippen molar-refractivity contribution in [2.24, 2.45) is 0 Å². The summed E-state index contributed by atoms with van der Waals surface area (Å²) in [6, 6.07) is 19.4. The summed E-state index contributed by atoms with van der Waals surface area (Å²) in [6.45, 7) is 0. The maximum Gasteiger partial charge on any atom is 0.269 e. The molecular formula is C24H18N4O6S2. The van der Waals surface area contributed by atoms with Gasteiger partial charge < -0.3 is 0 Å². The zero-order chi connectivity index (χ0) is 25.4. The Morgan fingerprint density at radius 1 is 0.667 bits per heavy atom. The van der Waals surface area contributed by atoms with E-state index in [0.717, 1.165) is 0 Å². The molecule has 3 aromatic carbocycles. The Balaban J connectivity index is 1.43. The quantitative estimate of drug-likeness (QED) is 0.325. The fourth-order valence-corrected chi connectivity index (χ4v) is 6.59. The van der Waals surface area contributed by atoms with Crippen LogP contribution in [0.3, 0.4) is 0 Å². The van der Waals surface area contributed by atoms with Crippen LogP contribution in [-0.2, 0) is 9.59 Å². The molecule has 0 bridgehead atoms. The molecule has 0 aromatic heterocycles. The van der Waals surface area contributed by atoms with Crippen molar-refractivity contribution in [3.05, 3.63) is 104 Å². The fourth-order valence-electron chi connectivity index (χ4n) is 4.26. The van der Waals surface area contributed by atoms with Gasteiger partial charge in [0.2, 0.25) is 11.8 Å². The molecule has 0 spiro atoms. The summed E-state index contributed by atoms with van der Waals surface area (Å²) in [6.07, 6.45) is 0. The number of carbonyl (C=O) groups excluding carboxylic acids is 2. The molecule has 2 aliphatic rings. The van der Waals surface area contributed by atoms with E-state index in [1.165, 1.54) is 47.8 Å². The molecule has 0 unspecified atom stereocenters. The molecule has 5 rings (SSSR count). The van der Waals surface area contributed by atoms with Crippen LogP contribution >= 0.6 is 23.5 Å². The Kier molecular flexibility index (Phi) is 6.37. The summed E-state index contributed by atoms with van der Waals surface area (Å²) in [4.78, 5) is 50.2. The number of hydrogen-bond donors (Lipinski definition) is 0. The Bertz CT molecular complexity index is 1280. The first-order valence-electron chi connectivity index (χ1n) is 10.8. The van der Waals surface area contributed by atoms with Crippen molar-refractivity contribution in [2.45, 2.75) is 10.7 Å². The SMILES string of the molecule is O=C1CS[C@H](c2cccc([N+](=O)[O-])c2)N1c1ccc(N2C(=O)CS[C@@H]2c2cccc([N+](=O)[O-])c2)cc1. The highest BCUT2D eigenvalue weighted by Gasteiger charge is 2.37. The maximum absolute atomic E-state index is 12.7. The van der Waals surface area contributed by atoms with Crippen LogP contribution in [0.1, 0.15) is 21.9 Å². The topological polar surface area (TPSA) is 127 Å². The maximum atomic E-state index is 12.7. The molecule has 0 N–H and O–H groups in total. The highest BCUT2D eigenvalue weighted by atomic mass is 32.2. The summed E-state index contributed by atoms with van der Waals surface area (Å²) in [7, 11) is 0. The van der Waals surface area contributed by atoms with E-state index in [2.05, 4.69) is 0 Å². The third-order valence-electron chi connectivity index (χ3n) is 5.87. The predicted molar refractivity (Wildman–Crippen MR) is 138 cm³/mol. The van der Waals surface area contributed by atoms with Crippen molar-refractivity contribution in [1.82, 2.24) is 0 Å². The molecule has 36 heavy (non-hydrogen) atoms. The van der Waals surface area contributed by atoms with Crippen LogP contribution in [0, 0.1) is 20.2 Å². The van der Waals surface area contributed by atoms with Crippen LogP contribution < -0.4 is 9.80 Å². The van der Waals surface area contributed by atoms with Gasteiger partial charge in [0.05, 0.1) is 21.4 Å². The number of thioether (sulfide) groups is 2. The second-order valence-electron chi connectivity index (χ2n) is 8.07.